The third-order valence-electron chi connectivity index (χ3n) is 1.09. The summed E-state index contributed by atoms with van der Waals surface area (Å²) in [6, 6.07) is 0. The first kappa shape index (κ1) is 10.4. The predicted octanol–water partition coefficient (Wildman–Crippen LogP) is 1.25. The van der Waals surface area contributed by atoms with E-state index in [1.165, 1.54) is 0 Å². The number of hydrogen-bond donors (Lipinski definition) is 2. The summed E-state index contributed by atoms with van der Waals surface area (Å²) in [5.41, 5.74) is -0.845. The van der Waals surface area contributed by atoms with Crippen LogP contribution in [-0.2, 0) is 0 Å². The summed E-state index contributed by atoms with van der Waals surface area (Å²) < 4.78 is 0. The Morgan fingerprint density at radius 2 is 1.82 bits per heavy atom. The van der Waals surface area contributed by atoms with Crippen molar-refractivity contribution >= 4 is 0 Å². The zero-order chi connectivity index (χ0) is 8.91. The molecule has 0 aromatic rings. The van der Waals surface area contributed by atoms with Crippen LogP contribution >= 0.6 is 0 Å². The van der Waals surface area contributed by atoms with Crippen molar-refractivity contribution in [3.8, 4) is 0 Å². The maximum Gasteiger partial charge on any atom is 0.0903 e. The second kappa shape index (κ2) is 4.31. The largest absolute Gasteiger partial charge is 0.386 e. The summed E-state index contributed by atoms with van der Waals surface area (Å²) in [5, 5.41) is 18.3. The zero-order valence-corrected chi connectivity index (χ0v) is 7.28. The molecule has 0 heterocycles. The number of allylic oxidation sites excluding steroid dienone is 1. The molecule has 0 aliphatic heterocycles. The molecule has 2 nitrogen and oxygen atoms in total. The summed E-state index contributed by atoms with van der Waals surface area (Å²) >= 11 is 0. The minimum atomic E-state index is -0.845. The van der Waals surface area contributed by atoms with E-state index in [-0.39, 0.29) is 0 Å². The van der Waals surface area contributed by atoms with Gasteiger partial charge in [-0.05, 0) is 20.8 Å². The van der Waals surface area contributed by atoms with Crippen molar-refractivity contribution in [3.63, 3.8) is 0 Å². The van der Waals surface area contributed by atoms with Gasteiger partial charge in [-0.15, -0.1) is 0 Å². The highest BCUT2D eigenvalue weighted by molar-refractivity contribution is 5.05. The van der Waals surface area contributed by atoms with Gasteiger partial charge in [0.25, 0.3) is 0 Å². The van der Waals surface area contributed by atoms with E-state index in [1.807, 2.05) is 6.92 Å². The first-order chi connectivity index (χ1) is 4.95. The lowest BCUT2D eigenvalue weighted by atomic mass is 10.1. The molecular weight excluding hydrogens is 140 g/mol. The summed E-state index contributed by atoms with van der Waals surface area (Å²) in [4.78, 5) is 0. The SMILES string of the molecule is C/C=C/C(O)/C=C/C(C)(C)O. The van der Waals surface area contributed by atoms with Crippen molar-refractivity contribution in [2.75, 3.05) is 0 Å². The fourth-order valence-electron chi connectivity index (χ4n) is 0.595. The Morgan fingerprint density at radius 1 is 1.27 bits per heavy atom. The van der Waals surface area contributed by atoms with E-state index in [4.69, 9.17) is 5.11 Å². The third kappa shape index (κ3) is 7.30. The van der Waals surface area contributed by atoms with Crippen LogP contribution in [0.3, 0.4) is 0 Å². The molecule has 0 aliphatic carbocycles. The highest BCUT2D eigenvalue weighted by atomic mass is 16.3. The van der Waals surface area contributed by atoms with Crippen LogP contribution in [0.2, 0.25) is 0 Å². The summed E-state index contributed by atoms with van der Waals surface area (Å²) in [6.45, 7) is 5.15. The summed E-state index contributed by atoms with van der Waals surface area (Å²) in [7, 11) is 0. The van der Waals surface area contributed by atoms with Crippen molar-refractivity contribution in [2.45, 2.75) is 32.5 Å². The third-order valence-corrected chi connectivity index (χ3v) is 1.09. The lowest BCUT2D eigenvalue weighted by molar-refractivity contribution is 0.131. The van der Waals surface area contributed by atoms with Crippen LogP contribution in [-0.4, -0.2) is 21.9 Å². The van der Waals surface area contributed by atoms with Crippen molar-refractivity contribution in [3.05, 3.63) is 24.3 Å². The van der Waals surface area contributed by atoms with E-state index in [0.29, 0.717) is 0 Å². The van der Waals surface area contributed by atoms with Gasteiger partial charge in [-0.1, -0.05) is 24.3 Å². The van der Waals surface area contributed by atoms with E-state index in [1.54, 1.807) is 38.2 Å². The van der Waals surface area contributed by atoms with E-state index < -0.39 is 11.7 Å². The van der Waals surface area contributed by atoms with Gasteiger partial charge in [-0.3, -0.25) is 0 Å². The van der Waals surface area contributed by atoms with Gasteiger partial charge in [-0.2, -0.15) is 0 Å². The van der Waals surface area contributed by atoms with Crippen molar-refractivity contribution in [2.24, 2.45) is 0 Å². The van der Waals surface area contributed by atoms with Crippen LogP contribution in [0.1, 0.15) is 20.8 Å². The van der Waals surface area contributed by atoms with Crippen LogP contribution < -0.4 is 0 Å². The fourth-order valence-corrected chi connectivity index (χ4v) is 0.595. The zero-order valence-electron chi connectivity index (χ0n) is 7.28. The molecule has 0 saturated carbocycles. The smallest absolute Gasteiger partial charge is 0.0903 e. The number of aliphatic hydroxyl groups is 2. The molecule has 0 bridgehead atoms. The van der Waals surface area contributed by atoms with Crippen LogP contribution in [0, 0.1) is 0 Å². The molecule has 0 aliphatic rings. The van der Waals surface area contributed by atoms with Gasteiger partial charge in [0.05, 0.1) is 11.7 Å². The molecule has 0 rings (SSSR count). The number of aliphatic hydroxyl groups excluding tert-OH is 1. The molecule has 0 aromatic heterocycles. The van der Waals surface area contributed by atoms with E-state index >= 15 is 0 Å². The van der Waals surface area contributed by atoms with Gasteiger partial charge >= 0.3 is 0 Å². The van der Waals surface area contributed by atoms with E-state index in [0.717, 1.165) is 0 Å². The highest BCUT2D eigenvalue weighted by Gasteiger charge is 2.06. The maximum absolute atomic E-state index is 9.21. The summed E-state index contributed by atoms with van der Waals surface area (Å²) in [6.07, 6.45) is 5.94. The van der Waals surface area contributed by atoms with Crippen molar-refractivity contribution < 1.29 is 10.2 Å². The van der Waals surface area contributed by atoms with Crippen molar-refractivity contribution in [1.82, 2.24) is 0 Å². The molecule has 1 unspecified atom stereocenters. The van der Waals surface area contributed by atoms with Gasteiger partial charge in [-0.25, -0.2) is 0 Å². The Labute approximate surface area is 67.9 Å². The minimum absolute atomic E-state index is 0.591. The number of rotatable bonds is 3. The highest BCUT2D eigenvalue weighted by Crippen LogP contribution is 2.03. The molecule has 64 valence electrons. The first-order valence-electron chi connectivity index (χ1n) is 3.68. The molecule has 11 heavy (non-hydrogen) atoms. The average Bonchev–Trinajstić information content (AvgIpc) is 1.83. The predicted molar refractivity (Wildman–Crippen MR) is 46.3 cm³/mol. The Balaban J connectivity index is 3.93. The lowest BCUT2D eigenvalue weighted by Crippen LogP contribution is -2.15. The Morgan fingerprint density at radius 3 is 2.18 bits per heavy atom. The molecular formula is C9H16O2. The molecule has 0 aromatic carbocycles. The van der Waals surface area contributed by atoms with Crippen LogP contribution in [0.5, 0.6) is 0 Å². The molecule has 1 atom stereocenters. The van der Waals surface area contributed by atoms with Crippen molar-refractivity contribution in [1.29, 1.82) is 0 Å². The van der Waals surface area contributed by atoms with Crippen LogP contribution in [0.15, 0.2) is 24.3 Å². The first-order valence-corrected chi connectivity index (χ1v) is 3.68. The lowest BCUT2D eigenvalue weighted by Gasteiger charge is -2.10. The average molecular weight is 156 g/mol. The monoisotopic (exact) mass is 156 g/mol. The van der Waals surface area contributed by atoms with Gasteiger partial charge in [0.15, 0.2) is 0 Å². The molecule has 0 spiro atoms. The van der Waals surface area contributed by atoms with E-state index in [2.05, 4.69) is 0 Å². The molecule has 0 amide bonds. The van der Waals surface area contributed by atoms with Gasteiger partial charge in [0.1, 0.15) is 0 Å². The van der Waals surface area contributed by atoms with Crippen LogP contribution in [0.25, 0.3) is 0 Å². The second-order valence-corrected chi connectivity index (χ2v) is 3.03. The number of hydrogen-bond acceptors (Lipinski definition) is 2. The fraction of sp³-hybridized carbons (Fsp3) is 0.556. The normalized spacial score (nSPS) is 16.5. The Kier molecular flexibility index (Phi) is 4.08. The van der Waals surface area contributed by atoms with Crippen LogP contribution in [0.4, 0.5) is 0 Å². The summed E-state index contributed by atoms with van der Waals surface area (Å²) in [5.74, 6) is 0. The minimum Gasteiger partial charge on any atom is -0.386 e. The maximum atomic E-state index is 9.21. The molecule has 0 fully saturated rings. The quantitative estimate of drug-likeness (QED) is 0.604. The second-order valence-electron chi connectivity index (χ2n) is 3.03. The Hall–Kier alpha value is -0.600. The van der Waals surface area contributed by atoms with Gasteiger partial charge in [0.2, 0.25) is 0 Å². The standard InChI is InChI=1S/C9H16O2/c1-4-5-8(10)6-7-9(2,3)11/h4-8,10-11H,1-3H3/b5-4+,7-6+. The topological polar surface area (TPSA) is 40.5 Å². The van der Waals surface area contributed by atoms with Gasteiger partial charge in [0, 0.05) is 0 Å². The molecule has 2 N–H and O–H groups in total. The molecule has 2 heteroatoms. The van der Waals surface area contributed by atoms with Gasteiger partial charge < -0.3 is 10.2 Å². The molecule has 0 radical (unpaired) electrons. The molecule has 0 saturated heterocycles. The van der Waals surface area contributed by atoms with E-state index in [9.17, 15) is 5.11 Å². The Bertz CT molecular complexity index is 151.